The number of hydrogen-bond donors (Lipinski definition) is 2. The van der Waals surface area contributed by atoms with E-state index in [2.05, 4.69) is 4.98 Å². The Labute approximate surface area is 99.4 Å². The maximum Gasteiger partial charge on any atom is 0.254 e. The van der Waals surface area contributed by atoms with Crippen LogP contribution in [0.3, 0.4) is 0 Å². The van der Waals surface area contributed by atoms with Gasteiger partial charge in [0.1, 0.15) is 0 Å². The lowest BCUT2D eigenvalue weighted by Gasteiger charge is -2.21. The van der Waals surface area contributed by atoms with Gasteiger partial charge < -0.3 is 20.4 Å². The minimum atomic E-state index is -0.296. The molecule has 0 atom stereocenters. The maximum absolute atomic E-state index is 12.1. The molecule has 0 aliphatic rings. The van der Waals surface area contributed by atoms with E-state index in [1.165, 1.54) is 12.3 Å². The van der Waals surface area contributed by atoms with Gasteiger partial charge in [0.25, 0.3) is 5.91 Å². The molecule has 1 aromatic heterocycles. The van der Waals surface area contributed by atoms with E-state index in [4.69, 9.17) is 10.5 Å². The van der Waals surface area contributed by atoms with Gasteiger partial charge in [-0.25, -0.2) is 0 Å². The van der Waals surface area contributed by atoms with Crippen LogP contribution in [0.15, 0.2) is 23.1 Å². The van der Waals surface area contributed by atoms with Gasteiger partial charge in [-0.2, -0.15) is 0 Å². The minimum absolute atomic E-state index is 0.210. The first kappa shape index (κ1) is 13.4. The summed E-state index contributed by atoms with van der Waals surface area (Å²) >= 11 is 0. The van der Waals surface area contributed by atoms with Crippen molar-refractivity contribution < 1.29 is 9.53 Å². The number of aromatic amines is 1. The summed E-state index contributed by atoms with van der Waals surface area (Å²) in [7, 11) is 1.57. The molecule has 1 amide bonds. The van der Waals surface area contributed by atoms with Crippen LogP contribution in [-0.2, 0) is 4.74 Å². The molecule has 0 unspecified atom stereocenters. The van der Waals surface area contributed by atoms with E-state index in [0.717, 1.165) is 0 Å². The Kier molecular flexibility index (Phi) is 5.38. The van der Waals surface area contributed by atoms with E-state index >= 15 is 0 Å². The fourth-order valence-corrected chi connectivity index (χ4v) is 1.43. The fourth-order valence-electron chi connectivity index (χ4n) is 1.43. The Balaban J connectivity index is 2.79. The lowest BCUT2D eigenvalue weighted by molar-refractivity contribution is 0.0701. The molecule has 0 radical (unpaired) electrons. The molecule has 0 saturated carbocycles. The second-order valence-electron chi connectivity index (χ2n) is 3.52. The van der Waals surface area contributed by atoms with Crippen molar-refractivity contribution in [1.82, 2.24) is 9.88 Å². The average Bonchev–Trinajstić information content (AvgIpc) is 2.33. The van der Waals surface area contributed by atoms with Gasteiger partial charge in [0.15, 0.2) is 0 Å². The molecule has 6 heteroatoms. The third-order valence-corrected chi connectivity index (χ3v) is 2.27. The number of aromatic nitrogens is 1. The Morgan fingerprint density at radius 1 is 1.53 bits per heavy atom. The van der Waals surface area contributed by atoms with Crippen molar-refractivity contribution in [3.05, 3.63) is 34.2 Å². The molecule has 0 saturated heterocycles. The lowest BCUT2D eigenvalue weighted by atomic mass is 10.2. The molecule has 0 aliphatic heterocycles. The summed E-state index contributed by atoms with van der Waals surface area (Å²) < 4.78 is 4.93. The van der Waals surface area contributed by atoms with Gasteiger partial charge in [-0.15, -0.1) is 0 Å². The van der Waals surface area contributed by atoms with Crippen molar-refractivity contribution in [2.45, 2.75) is 0 Å². The van der Waals surface area contributed by atoms with Crippen LogP contribution in [0.2, 0.25) is 0 Å². The van der Waals surface area contributed by atoms with Crippen molar-refractivity contribution in [3.8, 4) is 0 Å². The van der Waals surface area contributed by atoms with E-state index in [9.17, 15) is 9.59 Å². The Morgan fingerprint density at radius 2 is 2.29 bits per heavy atom. The van der Waals surface area contributed by atoms with Crippen molar-refractivity contribution in [2.24, 2.45) is 5.73 Å². The highest BCUT2D eigenvalue weighted by molar-refractivity contribution is 5.94. The third-order valence-electron chi connectivity index (χ3n) is 2.27. The van der Waals surface area contributed by atoms with Crippen LogP contribution in [-0.4, -0.2) is 49.1 Å². The number of nitrogens with zero attached hydrogens (tertiary/aromatic N) is 1. The Hall–Kier alpha value is -1.66. The molecule has 3 N–H and O–H groups in total. The highest BCUT2D eigenvalue weighted by Crippen LogP contribution is 2.01. The maximum atomic E-state index is 12.1. The molecule has 1 aromatic rings. The Morgan fingerprint density at radius 3 is 2.88 bits per heavy atom. The normalized spacial score (nSPS) is 10.2. The molecule has 94 valence electrons. The van der Waals surface area contributed by atoms with Crippen molar-refractivity contribution >= 4 is 5.91 Å². The second kappa shape index (κ2) is 6.82. The highest BCUT2D eigenvalue weighted by atomic mass is 16.5. The van der Waals surface area contributed by atoms with Crippen LogP contribution in [0.25, 0.3) is 0 Å². The molecular formula is C11H17N3O3. The number of pyridine rings is 1. The predicted molar refractivity (Wildman–Crippen MR) is 63.9 cm³/mol. The van der Waals surface area contributed by atoms with E-state index < -0.39 is 0 Å². The summed E-state index contributed by atoms with van der Waals surface area (Å²) in [6.07, 6.45) is 1.45. The zero-order valence-corrected chi connectivity index (χ0v) is 9.81. The van der Waals surface area contributed by atoms with E-state index in [0.29, 0.717) is 31.8 Å². The molecule has 17 heavy (non-hydrogen) atoms. The van der Waals surface area contributed by atoms with Gasteiger partial charge in [0, 0.05) is 44.6 Å². The lowest BCUT2D eigenvalue weighted by Crippen LogP contribution is -2.38. The van der Waals surface area contributed by atoms with Gasteiger partial charge >= 0.3 is 0 Å². The van der Waals surface area contributed by atoms with Gasteiger partial charge in [-0.1, -0.05) is 0 Å². The summed E-state index contributed by atoms with van der Waals surface area (Å²) in [5.41, 5.74) is 5.51. The summed E-state index contributed by atoms with van der Waals surface area (Å²) in [5.74, 6) is -0.210. The van der Waals surface area contributed by atoms with Gasteiger partial charge in [-0.3, -0.25) is 9.59 Å². The number of nitrogens with two attached hydrogens (primary N) is 1. The number of carbonyl (C=O) groups excluding carboxylic acids is 1. The molecular weight excluding hydrogens is 222 g/mol. The number of H-pyrrole nitrogens is 1. The first-order chi connectivity index (χ1) is 8.19. The summed E-state index contributed by atoms with van der Waals surface area (Å²) in [6, 6.07) is 2.85. The highest BCUT2D eigenvalue weighted by Gasteiger charge is 2.14. The fraction of sp³-hybridized carbons (Fsp3) is 0.455. The number of ether oxygens (including phenoxy) is 1. The van der Waals surface area contributed by atoms with Crippen LogP contribution in [0, 0.1) is 0 Å². The largest absolute Gasteiger partial charge is 0.383 e. The van der Waals surface area contributed by atoms with Gasteiger partial charge in [0.2, 0.25) is 5.56 Å². The standard InChI is InChI=1S/C11H17N3O3/c1-17-7-6-14(5-3-12)11(16)9-2-4-13-10(15)8-9/h2,4,8H,3,5-7,12H2,1H3,(H,13,15). The van der Waals surface area contributed by atoms with Crippen LogP contribution in [0.1, 0.15) is 10.4 Å². The number of nitrogens with one attached hydrogen (secondary N) is 1. The molecule has 0 fully saturated rings. The average molecular weight is 239 g/mol. The smallest absolute Gasteiger partial charge is 0.254 e. The second-order valence-corrected chi connectivity index (χ2v) is 3.52. The number of amides is 1. The molecule has 6 nitrogen and oxygen atoms in total. The zero-order valence-electron chi connectivity index (χ0n) is 9.81. The summed E-state index contributed by atoms with van der Waals surface area (Å²) in [6.45, 7) is 1.71. The zero-order chi connectivity index (χ0) is 12.7. The first-order valence-corrected chi connectivity index (χ1v) is 5.36. The minimum Gasteiger partial charge on any atom is -0.383 e. The van der Waals surface area contributed by atoms with Crippen LogP contribution in [0.5, 0.6) is 0 Å². The number of rotatable bonds is 6. The van der Waals surface area contributed by atoms with Crippen molar-refractivity contribution in [1.29, 1.82) is 0 Å². The van der Waals surface area contributed by atoms with Crippen LogP contribution in [0.4, 0.5) is 0 Å². The van der Waals surface area contributed by atoms with Gasteiger partial charge in [0.05, 0.1) is 6.61 Å². The number of methoxy groups -OCH3 is 1. The summed E-state index contributed by atoms with van der Waals surface area (Å²) in [4.78, 5) is 27.2. The molecule has 0 aromatic carbocycles. The van der Waals surface area contributed by atoms with Crippen LogP contribution >= 0.6 is 0 Å². The molecule has 1 rings (SSSR count). The first-order valence-electron chi connectivity index (χ1n) is 5.36. The van der Waals surface area contributed by atoms with E-state index in [1.807, 2.05) is 0 Å². The third kappa shape index (κ3) is 4.01. The van der Waals surface area contributed by atoms with Crippen LogP contribution < -0.4 is 11.3 Å². The van der Waals surface area contributed by atoms with E-state index in [-0.39, 0.29) is 11.5 Å². The Bertz CT molecular complexity index is 416. The predicted octanol–water partition coefficient (Wildman–Crippen LogP) is -0.578. The molecule has 1 heterocycles. The SMILES string of the molecule is COCCN(CCN)C(=O)c1cc[nH]c(=O)c1. The molecule has 0 aliphatic carbocycles. The number of hydrogen-bond acceptors (Lipinski definition) is 4. The molecule has 0 bridgehead atoms. The molecule has 0 spiro atoms. The van der Waals surface area contributed by atoms with Crippen molar-refractivity contribution in [2.75, 3.05) is 33.4 Å². The quantitative estimate of drug-likeness (QED) is 0.695. The summed E-state index contributed by atoms with van der Waals surface area (Å²) in [5, 5.41) is 0. The topological polar surface area (TPSA) is 88.4 Å². The van der Waals surface area contributed by atoms with E-state index in [1.54, 1.807) is 18.1 Å². The van der Waals surface area contributed by atoms with Gasteiger partial charge in [-0.05, 0) is 6.07 Å². The number of carbonyl (C=O) groups is 1. The monoisotopic (exact) mass is 239 g/mol. The van der Waals surface area contributed by atoms with Crippen molar-refractivity contribution in [3.63, 3.8) is 0 Å².